The molecular weight excluding hydrogens is 108 g/mol. The predicted octanol–water partition coefficient (Wildman–Crippen LogP) is -0.758. The molecule has 0 bridgehead atoms. The summed E-state index contributed by atoms with van der Waals surface area (Å²) < 4.78 is 0. The molecular formula is C4H8N2O2. The van der Waals surface area contributed by atoms with Gasteiger partial charge in [-0.2, -0.15) is 0 Å². The number of rotatable bonds is 2. The Morgan fingerprint density at radius 2 is 2.38 bits per heavy atom. The first-order valence-electron chi connectivity index (χ1n) is 2.18. The van der Waals surface area contributed by atoms with Gasteiger partial charge in [-0.1, -0.05) is 0 Å². The largest absolute Gasteiger partial charge is 0.352 e. The third kappa shape index (κ3) is 3.14. The van der Waals surface area contributed by atoms with Gasteiger partial charge in [0.1, 0.15) is 6.29 Å². The van der Waals surface area contributed by atoms with E-state index in [4.69, 9.17) is 0 Å². The average Bonchev–Trinajstić information content (AvgIpc) is 1.65. The van der Waals surface area contributed by atoms with E-state index in [0.29, 0.717) is 6.29 Å². The summed E-state index contributed by atoms with van der Waals surface area (Å²) in [7, 11) is 0. The van der Waals surface area contributed by atoms with Crippen molar-refractivity contribution < 1.29 is 9.59 Å². The Morgan fingerprint density at radius 1 is 1.88 bits per heavy atom. The fourth-order valence-electron chi connectivity index (χ4n) is 0.258. The molecule has 0 aromatic heterocycles. The van der Waals surface area contributed by atoms with E-state index in [1.54, 1.807) is 0 Å². The van der Waals surface area contributed by atoms with E-state index in [9.17, 15) is 9.59 Å². The van der Waals surface area contributed by atoms with Crippen molar-refractivity contribution in [3.8, 4) is 0 Å². The summed E-state index contributed by atoms with van der Waals surface area (Å²) in [5.74, 6) is 0. The van der Waals surface area contributed by atoms with Gasteiger partial charge in [-0.3, -0.25) is 0 Å². The SMILES string of the molecule is CC(C=O)NC(N)=O. The van der Waals surface area contributed by atoms with Gasteiger partial charge in [0, 0.05) is 0 Å². The van der Waals surface area contributed by atoms with Crippen LogP contribution in [0.3, 0.4) is 0 Å². The van der Waals surface area contributed by atoms with Gasteiger partial charge in [-0.25, -0.2) is 4.79 Å². The number of urea groups is 1. The van der Waals surface area contributed by atoms with Gasteiger partial charge in [-0.15, -0.1) is 0 Å². The number of carbonyl (C=O) groups is 2. The Bertz CT molecular complexity index is 102. The minimum absolute atomic E-state index is 0.479. The molecule has 0 heterocycles. The van der Waals surface area contributed by atoms with Crippen LogP contribution in [0.15, 0.2) is 0 Å². The zero-order valence-corrected chi connectivity index (χ0v) is 4.55. The van der Waals surface area contributed by atoms with Crippen LogP contribution in [0.2, 0.25) is 0 Å². The van der Waals surface area contributed by atoms with Crippen LogP contribution in [-0.4, -0.2) is 18.4 Å². The number of nitrogens with two attached hydrogens (primary N) is 1. The van der Waals surface area contributed by atoms with Crippen LogP contribution in [-0.2, 0) is 4.79 Å². The summed E-state index contributed by atoms with van der Waals surface area (Å²) in [4.78, 5) is 19.7. The van der Waals surface area contributed by atoms with Gasteiger partial charge < -0.3 is 15.8 Å². The number of carbonyl (C=O) groups excluding carboxylic acids is 2. The molecule has 0 aliphatic rings. The monoisotopic (exact) mass is 116 g/mol. The van der Waals surface area contributed by atoms with Crippen molar-refractivity contribution in [3.05, 3.63) is 0 Å². The molecule has 2 amide bonds. The molecule has 0 aromatic rings. The Morgan fingerprint density at radius 3 is 2.50 bits per heavy atom. The lowest BCUT2D eigenvalue weighted by Crippen LogP contribution is -2.37. The standard InChI is InChI=1S/C4H8N2O2/c1-3(2-7)6-4(5)8/h2-3H,1H3,(H3,5,6,8). The minimum atomic E-state index is -0.676. The lowest BCUT2D eigenvalue weighted by Gasteiger charge is -2.00. The van der Waals surface area contributed by atoms with E-state index < -0.39 is 12.1 Å². The van der Waals surface area contributed by atoms with Crippen LogP contribution in [0.25, 0.3) is 0 Å². The second-order valence-corrected chi connectivity index (χ2v) is 1.43. The maximum atomic E-state index is 9.92. The Hall–Kier alpha value is -1.06. The Balaban J connectivity index is 3.38. The molecule has 4 heteroatoms. The first-order valence-corrected chi connectivity index (χ1v) is 2.18. The van der Waals surface area contributed by atoms with E-state index in [1.807, 2.05) is 0 Å². The molecule has 4 nitrogen and oxygen atoms in total. The van der Waals surface area contributed by atoms with Crippen LogP contribution in [0.4, 0.5) is 4.79 Å². The quantitative estimate of drug-likeness (QED) is 0.465. The molecule has 0 aliphatic carbocycles. The highest BCUT2D eigenvalue weighted by molar-refractivity contribution is 5.75. The molecule has 0 rings (SSSR count). The van der Waals surface area contributed by atoms with Gasteiger partial charge in [0.25, 0.3) is 0 Å². The van der Waals surface area contributed by atoms with Crippen molar-refractivity contribution in [2.45, 2.75) is 13.0 Å². The maximum Gasteiger partial charge on any atom is 0.312 e. The van der Waals surface area contributed by atoms with Crippen LogP contribution in [0.1, 0.15) is 6.92 Å². The third-order valence-corrected chi connectivity index (χ3v) is 0.574. The number of hydrogen-bond acceptors (Lipinski definition) is 2. The highest BCUT2D eigenvalue weighted by atomic mass is 16.2. The molecule has 0 fully saturated rings. The normalized spacial score (nSPS) is 12.1. The van der Waals surface area contributed by atoms with Gasteiger partial charge >= 0.3 is 6.03 Å². The molecule has 0 saturated heterocycles. The van der Waals surface area contributed by atoms with E-state index in [2.05, 4.69) is 11.1 Å². The minimum Gasteiger partial charge on any atom is -0.352 e. The van der Waals surface area contributed by atoms with Crippen molar-refractivity contribution in [3.63, 3.8) is 0 Å². The maximum absolute atomic E-state index is 9.92. The molecule has 0 saturated carbocycles. The number of nitrogens with one attached hydrogen (secondary N) is 1. The first-order chi connectivity index (χ1) is 3.66. The Kier molecular flexibility index (Phi) is 2.61. The van der Waals surface area contributed by atoms with E-state index in [1.165, 1.54) is 6.92 Å². The zero-order chi connectivity index (χ0) is 6.57. The van der Waals surface area contributed by atoms with Gasteiger partial charge in [0.2, 0.25) is 0 Å². The van der Waals surface area contributed by atoms with Crippen molar-refractivity contribution >= 4 is 12.3 Å². The molecule has 0 radical (unpaired) electrons. The molecule has 0 aliphatic heterocycles. The van der Waals surface area contributed by atoms with E-state index in [-0.39, 0.29) is 0 Å². The topological polar surface area (TPSA) is 72.2 Å². The summed E-state index contributed by atoms with van der Waals surface area (Å²) in [6, 6.07) is -1.16. The van der Waals surface area contributed by atoms with Crippen molar-refractivity contribution in [1.29, 1.82) is 0 Å². The smallest absolute Gasteiger partial charge is 0.312 e. The summed E-state index contributed by atoms with van der Waals surface area (Å²) >= 11 is 0. The highest BCUT2D eigenvalue weighted by Crippen LogP contribution is 1.69. The van der Waals surface area contributed by atoms with Crippen LogP contribution in [0, 0.1) is 0 Å². The van der Waals surface area contributed by atoms with E-state index >= 15 is 0 Å². The van der Waals surface area contributed by atoms with Crippen molar-refractivity contribution in [2.75, 3.05) is 0 Å². The second-order valence-electron chi connectivity index (χ2n) is 1.43. The number of primary amides is 1. The fraction of sp³-hybridized carbons (Fsp3) is 0.500. The van der Waals surface area contributed by atoms with Crippen molar-refractivity contribution in [1.82, 2.24) is 5.32 Å². The summed E-state index contributed by atoms with van der Waals surface area (Å²) in [5, 5.41) is 2.16. The van der Waals surface area contributed by atoms with Gasteiger partial charge in [-0.05, 0) is 6.92 Å². The molecule has 1 atom stereocenters. The van der Waals surface area contributed by atoms with E-state index in [0.717, 1.165) is 0 Å². The summed E-state index contributed by atoms with van der Waals surface area (Å²) in [6.07, 6.45) is 0.602. The third-order valence-electron chi connectivity index (χ3n) is 0.574. The lowest BCUT2D eigenvalue weighted by atomic mass is 10.4. The van der Waals surface area contributed by atoms with Crippen molar-refractivity contribution in [2.24, 2.45) is 5.73 Å². The van der Waals surface area contributed by atoms with Crippen LogP contribution >= 0.6 is 0 Å². The summed E-state index contributed by atoms with van der Waals surface area (Å²) in [6.45, 7) is 1.54. The van der Waals surface area contributed by atoms with Gasteiger partial charge in [0.15, 0.2) is 0 Å². The fourth-order valence-corrected chi connectivity index (χ4v) is 0.258. The van der Waals surface area contributed by atoms with Gasteiger partial charge in [0.05, 0.1) is 6.04 Å². The summed E-state index contributed by atoms with van der Waals surface area (Å²) in [5.41, 5.74) is 4.66. The Labute approximate surface area is 47.0 Å². The highest BCUT2D eigenvalue weighted by Gasteiger charge is 1.97. The molecule has 3 N–H and O–H groups in total. The number of hydrogen-bond donors (Lipinski definition) is 2. The molecule has 46 valence electrons. The van der Waals surface area contributed by atoms with Crippen LogP contribution in [0.5, 0.6) is 0 Å². The molecule has 0 spiro atoms. The number of amides is 2. The van der Waals surface area contributed by atoms with Crippen LogP contribution < -0.4 is 11.1 Å². The molecule has 0 aromatic carbocycles. The second kappa shape index (κ2) is 3.01. The lowest BCUT2D eigenvalue weighted by molar-refractivity contribution is -0.109. The zero-order valence-electron chi connectivity index (χ0n) is 4.55. The predicted molar refractivity (Wildman–Crippen MR) is 28.2 cm³/mol. The average molecular weight is 116 g/mol. The number of aldehydes is 1. The molecule has 8 heavy (non-hydrogen) atoms. The molecule has 1 unspecified atom stereocenters. The first kappa shape index (κ1) is 6.94.